The summed E-state index contributed by atoms with van der Waals surface area (Å²) < 4.78 is 1.62. The third-order valence-corrected chi connectivity index (χ3v) is 2.21. The molecule has 0 aliphatic heterocycles. The molecule has 1 atom stereocenters. The minimum absolute atomic E-state index is 0.210. The zero-order chi connectivity index (χ0) is 10.8. The van der Waals surface area contributed by atoms with Crippen LogP contribution in [0.25, 0.3) is 0 Å². The Bertz CT molecular complexity index is 329. The van der Waals surface area contributed by atoms with E-state index in [0.717, 1.165) is 0 Å². The first-order valence-corrected chi connectivity index (χ1v) is 4.55. The van der Waals surface area contributed by atoms with Gasteiger partial charge >= 0.3 is 0 Å². The minimum Gasteiger partial charge on any atom is -0.318 e. The highest BCUT2D eigenvalue weighted by Gasteiger charge is 2.26. The fourth-order valence-corrected chi connectivity index (χ4v) is 0.901. The molecule has 0 saturated carbocycles. The Hall–Kier alpha value is -1.36. The van der Waals surface area contributed by atoms with E-state index < -0.39 is 5.54 Å². The van der Waals surface area contributed by atoms with Crippen LogP contribution in [0.4, 0.5) is 5.82 Å². The quantitative estimate of drug-likeness (QED) is 0.738. The lowest BCUT2D eigenvalue weighted by atomic mass is 10.00. The van der Waals surface area contributed by atoms with E-state index in [0.29, 0.717) is 12.2 Å². The molecule has 5 nitrogen and oxygen atoms in total. The summed E-state index contributed by atoms with van der Waals surface area (Å²) in [4.78, 5) is 11.6. The molecule has 0 saturated heterocycles. The topological polar surface area (TPSA) is 72.9 Å². The molecular weight excluding hydrogens is 180 g/mol. The molecular formula is C9H16N4O. The average molecular weight is 196 g/mol. The first-order valence-electron chi connectivity index (χ1n) is 4.55. The largest absolute Gasteiger partial charge is 0.318 e. The maximum atomic E-state index is 11.6. The zero-order valence-corrected chi connectivity index (χ0v) is 8.74. The molecule has 3 N–H and O–H groups in total. The molecule has 1 rings (SSSR count). The smallest absolute Gasteiger partial charge is 0.245 e. The van der Waals surface area contributed by atoms with Gasteiger partial charge in [-0.3, -0.25) is 9.48 Å². The number of nitrogens with zero attached hydrogens (tertiary/aromatic N) is 2. The van der Waals surface area contributed by atoms with E-state index in [1.807, 2.05) is 6.92 Å². The Morgan fingerprint density at radius 2 is 2.43 bits per heavy atom. The first-order chi connectivity index (χ1) is 6.45. The lowest BCUT2D eigenvalue weighted by molar-refractivity contribution is -0.120. The number of anilines is 1. The molecule has 1 unspecified atom stereocenters. The third kappa shape index (κ3) is 2.32. The Morgan fingerprint density at radius 1 is 1.79 bits per heavy atom. The van der Waals surface area contributed by atoms with Gasteiger partial charge in [-0.15, -0.1) is 0 Å². The van der Waals surface area contributed by atoms with Gasteiger partial charge < -0.3 is 11.1 Å². The molecule has 1 heterocycles. The Labute approximate surface area is 83.3 Å². The van der Waals surface area contributed by atoms with Gasteiger partial charge in [0.05, 0.1) is 5.54 Å². The van der Waals surface area contributed by atoms with Gasteiger partial charge in [-0.05, 0) is 13.3 Å². The van der Waals surface area contributed by atoms with Crippen molar-refractivity contribution in [2.24, 2.45) is 12.8 Å². The number of aromatic nitrogens is 2. The number of nitrogens with one attached hydrogen (secondary N) is 1. The second-order valence-corrected chi connectivity index (χ2v) is 3.60. The van der Waals surface area contributed by atoms with E-state index in [4.69, 9.17) is 5.73 Å². The number of hydrogen-bond acceptors (Lipinski definition) is 3. The monoisotopic (exact) mass is 196 g/mol. The molecule has 1 aromatic rings. The van der Waals surface area contributed by atoms with E-state index >= 15 is 0 Å². The van der Waals surface area contributed by atoms with Crippen LogP contribution in [0, 0.1) is 0 Å². The minimum atomic E-state index is -0.836. The van der Waals surface area contributed by atoms with Gasteiger partial charge in [0.15, 0.2) is 5.82 Å². The van der Waals surface area contributed by atoms with Crippen molar-refractivity contribution in [1.29, 1.82) is 0 Å². The van der Waals surface area contributed by atoms with Gasteiger partial charge in [-0.2, -0.15) is 5.10 Å². The van der Waals surface area contributed by atoms with Crippen molar-refractivity contribution < 1.29 is 4.79 Å². The summed E-state index contributed by atoms with van der Waals surface area (Å²) in [6.45, 7) is 3.57. The van der Waals surface area contributed by atoms with Crippen molar-refractivity contribution in [3.8, 4) is 0 Å². The number of hydrogen-bond donors (Lipinski definition) is 2. The van der Waals surface area contributed by atoms with E-state index in [1.165, 1.54) is 0 Å². The number of carbonyl (C=O) groups is 1. The summed E-state index contributed by atoms with van der Waals surface area (Å²) in [6.07, 6.45) is 2.35. The predicted octanol–water partition coefficient (Wildman–Crippen LogP) is 0.486. The van der Waals surface area contributed by atoms with Crippen LogP contribution in [-0.2, 0) is 11.8 Å². The second kappa shape index (κ2) is 3.79. The van der Waals surface area contributed by atoms with Gasteiger partial charge in [0, 0.05) is 19.3 Å². The molecule has 0 aromatic carbocycles. The Morgan fingerprint density at radius 3 is 2.86 bits per heavy atom. The van der Waals surface area contributed by atoms with Crippen molar-refractivity contribution in [2.75, 3.05) is 5.32 Å². The lowest BCUT2D eigenvalue weighted by Crippen LogP contribution is -2.47. The standard InChI is InChI=1S/C9H16N4O/c1-4-9(2,10)8(14)11-7-5-6-13(3)12-7/h5-6H,4,10H2,1-3H3,(H,11,12,14). The van der Waals surface area contributed by atoms with Crippen LogP contribution in [0.15, 0.2) is 12.3 Å². The van der Waals surface area contributed by atoms with Gasteiger partial charge in [0.25, 0.3) is 0 Å². The van der Waals surface area contributed by atoms with E-state index in [2.05, 4.69) is 10.4 Å². The second-order valence-electron chi connectivity index (χ2n) is 3.60. The highest BCUT2D eigenvalue weighted by molar-refractivity contribution is 5.96. The summed E-state index contributed by atoms with van der Waals surface area (Å²) in [5.41, 5.74) is 4.93. The average Bonchev–Trinajstić information content (AvgIpc) is 2.51. The molecule has 0 spiro atoms. The number of carbonyl (C=O) groups excluding carboxylic acids is 1. The molecule has 0 aliphatic rings. The fourth-order valence-electron chi connectivity index (χ4n) is 0.901. The van der Waals surface area contributed by atoms with Crippen LogP contribution in [0.2, 0.25) is 0 Å². The van der Waals surface area contributed by atoms with Gasteiger partial charge in [0.1, 0.15) is 0 Å². The molecule has 5 heteroatoms. The zero-order valence-electron chi connectivity index (χ0n) is 8.74. The van der Waals surface area contributed by atoms with Gasteiger partial charge in [-0.1, -0.05) is 6.92 Å². The molecule has 1 amide bonds. The molecule has 0 bridgehead atoms. The van der Waals surface area contributed by atoms with E-state index in [-0.39, 0.29) is 5.91 Å². The van der Waals surface area contributed by atoms with Crippen LogP contribution >= 0.6 is 0 Å². The van der Waals surface area contributed by atoms with Crippen molar-refractivity contribution in [2.45, 2.75) is 25.8 Å². The summed E-state index contributed by atoms with van der Waals surface area (Å²) in [5, 5.41) is 6.69. The number of aryl methyl sites for hydroxylation is 1. The SMILES string of the molecule is CCC(C)(N)C(=O)Nc1ccn(C)n1. The van der Waals surface area contributed by atoms with Gasteiger partial charge in [0.2, 0.25) is 5.91 Å². The molecule has 14 heavy (non-hydrogen) atoms. The van der Waals surface area contributed by atoms with Crippen molar-refractivity contribution in [3.63, 3.8) is 0 Å². The maximum Gasteiger partial charge on any atom is 0.245 e. The fraction of sp³-hybridized carbons (Fsp3) is 0.556. The van der Waals surface area contributed by atoms with Crippen LogP contribution in [0.3, 0.4) is 0 Å². The molecule has 78 valence electrons. The number of rotatable bonds is 3. The molecule has 1 aromatic heterocycles. The lowest BCUT2D eigenvalue weighted by Gasteiger charge is -2.20. The highest BCUT2D eigenvalue weighted by atomic mass is 16.2. The normalized spacial score (nSPS) is 14.9. The maximum absolute atomic E-state index is 11.6. The van der Waals surface area contributed by atoms with Crippen LogP contribution in [0.1, 0.15) is 20.3 Å². The Balaban J connectivity index is 2.66. The van der Waals surface area contributed by atoms with E-state index in [9.17, 15) is 4.79 Å². The summed E-state index contributed by atoms with van der Waals surface area (Å²) >= 11 is 0. The molecule has 0 radical (unpaired) electrons. The summed E-state index contributed by atoms with van der Waals surface area (Å²) in [7, 11) is 1.79. The van der Waals surface area contributed by atoms with Crippen LogP contribution < -0.4 is 11.1 Å². The number of amides is 1. The highest BCUT2D eigenvalue weighted by Crippen LogP contribution is 2.09. The van der Waals surface area contributed by atoms with Crippen LogP contribution in [0.5, 0.6) is 0 Å². The number of nitrogens with two attached hydrogens (primary N) is 1. The van der Waals surface area contributed by atoms with E-state index in [1.54, 1.807) is 30.9 Å². The molecule has 0 fully saturated rings. The first kappa shape index (κ1) is 10.7. The predicted molar refractivity (Wildman–Crippen MR) is 54.7 cm³/mol. The van der Waals surface area contributed by atoms with Crippen molar-refractivity contribution in [3.05, 3.63) is 12.3 Å². The molecule has 0 aliphatic carbocycles. The summed E-state index contributed by atoms with van der Waals surface area (Å²) in [6, 6.07) is 1.73. The third-order valence-electron chi connectivity index (χ3n) is 2.21. The van der Waals surface area contributed by atoms with Crippen molar-refractivity contribution in [1.82, 2.24) is 9.78 Å². The van der Waals surface area contributed by atoms with Gasteiger partial charge in [-0.25, -0.2) is 0 Å². The summed E-state index contributed by atoms with van der Waals surface area (Å²) in [5.74, 6) is 0.321. The van der Waals surface area contributed by atoms with Crippen molar-refractivity contribution >= 4 is 11.7 Å². The Kier molecular flexibility index (Phi) is 2.90. The van der Waals surface area contributed by atoms with Crippen LogP contribution in [-0.4, -0.2) is 21.2 Å².